The number of halogens is 2. The first-order valence-corrected chi connectivity index (χ1v) is 10.2. The van der Waals surface area contributed by atoms with Crippen LogP contribution in [-0.4, -0.2) is 21.7 Å². The number of aryl methyl sites for hydroxylation is 1. The molecule has 10 heteroatoms. The van der Waals surface area contributed by atoms with E-state index in [-0.39, 0.29) is 22.7 Å². The Labute approximate surface area is 181 Å². The van der Waals surface area contributed by atoms with Gasteiger partial charge in [0.1, 0.15) is 11.6 Å². The minimum Gasteiger partial charge on any atom is -0.454 e. The summed E-state index contributed by atoms with van der Waals surface area (Å²) in [5.74, 6) is -0.720. The Hall–Kier alpha value is -3.53. The Morgan fingerprint density at radius 3 is 2.65 bits per heavy atom. The first kappa shape index (κ1) is 22.2. The van der Waals surface area contributed by atoms with Gasteiger partial charge < -0.3 is 25.0 Å². The van der Waals surface area contributed by atoms with E-state index in [1.54, 1.807) is 18.2 Å². The predicted octanol–water partition coefficient (Wildman–Crippen LogP) is 4.59. The molecule has 0 saturated heterocycles. The predicted molar refractivity (Wildman–Crippen MR) is 119 cm³/mol. The van der Waals surface area contributed by atoms with E-state index in [9.17, 15) is 13.6 Å². The molecule has 0 spiro atoms. The van der Waals surface area contributed by atoms with Crippen molar-refractivity contribution in [2.75, 3.05) is 16.2 Å². The number of oxime groups is 1. The number of benzene rings is 2. The Bertz CT molecular complexity index is 1200. The fourth-order valence-corrected chi connectivity index (χ4v) is 3.33. The number of nitrogens with zero attached hydrogens (tertiary/aromatic N) is 2. The highest BCUT2D eigenvalue weighted by atomic mass is 32.2. The van der Waals surface area contributed by atoms with Gasteiger partial charge in [0.2, 0.25) is 0 Å². The highest BCUT2D eigenvalue weighted by Crippen LogP contribution is 2.39. The van der Waals surface area contributed by atoms with Crippen molar-refractivity contribution >= 4 is 29.5 Å². The van der Waals surface area contributed by atoms with E-state index in [0.29, 0.717) is 11.1 Å². The highest BCUT2D eigenvalue weighted by Gasteiger charge is 2.18. The van der Waals surface area contributed by atoms with E-state index in [1.807, 2.05) is 6.92 Å². The van der Waals surface area contributed by atoms with Crippen molar-refractivity contribution in [1.82, 2.24) is 4.57 Å². The number of nitrogens with two attached hydrogens (primary N) is 1. The molecule has 2 aromatic carbocycles. The summed E-state index contributed by atoms with van der Waals surface area (Å²) in [4.78, 5) is 12.4. The second kappa shape index (κ2) is 9.52. The van der Waals surface area contributed by atoms with Gasteiger partial charge in [0, 0.05) is 41.9 Å². The number of pyridine rings is 1. The molecule has 0 saturated carbocycles. The molecule has 0 radical (unpaired) electrons. The number of hydrogen-bond acceptors (Lipinski definition) is 7. The van der Waals surface area contributed by atoms with Crippen molar-refractivity contribution < 1.29 is 18.7 Å². The largest absolute Gasteiger partial charge is 0.454 e. The standard InChI is InChI=1S/C21H20F2N4O3S/c1-3-31-26-13-5-7-18(30-19-6-4-12(22)8-17(19)23)14(9-13)16-11-27(2)21(28)15(10-25-29)20(16)24/h4-11,26,29H,3,24H2,1-2H3. The van der Waals surface area contributed by atoms with Crippen LogP contribution in [0.5, 0.6) is 11.5 Å². The van der Waals surface area contributed by atoms with Gasteiger partial charge in [-0.15, -0.1) is 0 Å². The molecular formula is C21H20F2N4O3S. The second-order valence-electron chi connectivity index (χ2n) is 6.45. The summed E-state index contributed by atoms with van der Waals surface area (Å²) in [6.07, 6.45) is 2.46. The zero-order valence-corrected chi connectivity index (χ0v) is 17.5. The maximum Gasteiger partial charge on any atom is 0.261 e. The molecule has 3 rings (SSSR count). The maximum atomic E-state index is 14.2. The van der Waals surface area contributed by atoms with E-state index in [0.717, 1.165) is 29.8 Å². The van der Waals surface area contributed by atoms with Gasteiger partial charge in [-0.2, -0.15) is 0 Å². The third-order valence-corrected chi connectivity index (χ3v) is 5.03. The Kier molecular flexibility index (Phi) is 6.81. The van der Waals surface area contributed by atoms with Crippen molar-refractivity contribution in [2.45, 2.75) is 6.92 Å². The molecule has 31 heavy (non-hydrogen) atoms. The average Bonchev–Trinajstić information content (AvgIpc) is 2.75. The topological polar surface area (TPSA) is 102 Å². The molecule has 0 aliphatic carbocycles. The molecule has 0 atom stereocenters. The summed E-state index contributed by atoms with van der Waals surface area (Å²) < 4.78 is 37.6. The molecule has 0 bridgehead atoms. The van der Waals surface area contributed by atoms with Crippen LogP contribution in [0.15, 0.2) is 52.5 Å². The number of nitrogen functional groups attached to an aromatic ring is 1. The third kappa shape index (κ3) is 4.80. The van der Waals surface area contributed by atoms with Crippen LogP contribution >= 0.6 is 11.9 Å². The van der Waals surface area contributed by atoms with E-state index >= 15 is 0 Å². The Morgan fingerprint density at radius 2 is 1.97 bits per heavy atom. The summed E-state index contributed by atoms with van der Waals surface area (Å²) in [7, 11) is 1.52. The lowest BCUT2D eigenvalue weighted by Gasteiger charge is -2.17. The van der Waals surface area contributed by atoms with Gasteiger partial charge in [-0.1, -0.05) is 24.0 Å². The maximum absolute atomic E-state index is 14.2. The van der Waals surface area contributed by atoms with Gasteiger partial charge in [-0.05, 0) is 30.3 Å². The fourth-order valence-electron chi connectivity index (χ4n) is 2.89. The van der Waals surface area contributed by atoms with Gasteiger partial charge >= 0.3 is 0 Å². The molecule has 7 nitrogen and oxygen atoms in total. The molecule has 0 fully saturated rings. The molecule has 0 unspecified atom stereocenters. The van der Waals surface area contributed by atoms with Gasteiger partial charge in [-0.3, -0.25) is 4.79 Å². The van der Waals surface area contributed by atoms with Crippen molar-refractivity contribution in [3.8, 4) is 22.6 Å². The third-order valence-electron chi connectivity index (χ3n) is 4.36. The summed E-state index contributed by atoms with van der Waals surface area (Å²) in [6.45, 7) is 1.98. The van der Waals surface area contributed by atoms with Crippen molar-refractivity contribution in [2.24, 2.45) is 12.2 Å². The number of nitrogens with one attached hydrogen (secondary N) is 1. The van der Waals surface area contributed by atoms with Crippen molar-refractivity contribution in [3.05, 3.63) is 70.1 Å². The van der Waals surface area contributed by atoms with E-state index in [2.05, 4.69) is 9.88 Å². The fraction of sp³-hybridized carbons (Fsp3) is 0.143. The number of hydrogen-bond donors (Lipinski definition) is 3. The number of rotatable bonds is 7. The minimum atomic E-state index is -0.865. The normalized spacial score (nSPS) is 11.1. The summed E-state index contributed by atoms with van der Waals surface area (Å²) in [5, 5.41) is 11.8. The van der Waals surface area contributed by atoms with E-state index in [4.69, 9.17) is 15.7 Å². The number of anilines is 2. The number of aromatic nitrogens is 1. The van der Waals surface area contributed by atoms with Gasteiger partial charge in [-0.25, -0.2) is 8.78 Å². The SMILES string of the molecule is CCSNc1ccc(Oc2ccc(F)cc2F)c(-c2cn(C)c(=O)c(C=NO)c2N)c1. The van der Waals surface area contributed by atoms with Crippen LogP contribution in [0.1, 0.15) is 12.5 Å². The van der Waals surface area contributed by atoms with Crippen LogP contribution in [0.4, 0.5) is 20.2 Å². The van der Waals surface area contributed by atoms with Gasteiger partial charge in [0.05, 0.1) is 17.5 Å². The lowest BCUT2D eigenvalue weighted by Crippen LogP contribution is -2.23. The number of ether oxygens (including phenoxy) is 1. The van der Waals surface area contributed by atoms with Gasteiger partial charge in [0.15, 0.2) is 11.6 Å². The molecule has 0 aliphatic rings. The zero-order chi connectivity index (χ0) is 22.5. The van der Waals surface area contributed by atoms with Crippen molar-refractivity contribution in [3.63, 3.8) is 0 Å². The summed E-state index contributed by atoms with van der Waals surface area (Å²) in [5.41, 5.74) is 7.38. The molecule has 1 aromatic heterocycles. The highest BCUT2D eigenvalue weighted by molar-refractivity contribution is 8.00. The minimum absolute atomic E-state index is 0.0114. The van der Waals surface area contributed by atoms with Crippen LogP contribution in [0, 0.1) is 11.6 Å². The monoisotopic (exact) mass is 446 g/mol. The van der Waals surface area contributed by atoms with E-state index < -0.39 is 17.2 Å². The molecule has 1 heterocycles. The van der Waals surface area contributed by atoms with Crippen LogP contribution in [0.2, 0.25) is 0 Å². The van der Waals surface area contributed by atoms with Crippen LogP contribution in [0.3, 0.4) is 0 Å². The summed E-state index contributed by atoms with van der Waals surface area (Å²) in [6, 6.07) is 8.07. The molecule has 0 amide bonds. The smallest absolute Gasteiger partial charge is 0.261 e. The lowest BCUT2D eigenvalue weighted by molar-refractivity contribution is 0.322. The van der Waals surface area contributed by atoms with Crippen LogP contribution in [-0.2, 0) is 7.05 Å². The average molecular weight is 446 g/mol. The van der Waals surface area contributed by atoms with Crippen molar-refractivity contribution in [1.29, 1.82) is 0 Å². The molecule has 162 valence electrons. The molecule has 3 aromatic rings. The van der Waals surface area contributed by atoms with Crippen LogP contribution < -0.4 is 20.8 Å². The van der Waals surface area contributed by atoms with Crippen LogP contribution in [0.25, 0.3) is 11.1 Å². The zero-order valence-electron chi connectivity index (χ0n) is 16.7. The second-order valence-corrected chi connectivity index (χ2v) is 7.52. The Balaban J connectivity index is 2.20. The molecule has 4 N–H and O–H groups in total. The summed E-state index contributed by atoms with van der Waals surface area (Å²) >= 11 is 1.47. The lowest BCUT2D eigenvalue weighted by atomic mass is 10.0. The van der Waals surface area contributed by atoms with E-state index in [1.165, 1.54) is 35.8 Å². The van der Waals surface area contributed by atoms with Gasteiger partial charge in [0.25, 0.3) is 5.56 Å². The quantitative estimate of drug-likeness (QED) is 0.212. The Morgan fingerprint density at radius 1 is 1.23 bits per heavy atom. The first-order chi connectivity index (χ1) is 14.8. The first-order valence-electron chi connectivity index (χ1n) is 9.17. The molecule has 0 aliphatic heterocycles. The molecular weight excluding hydrogens is 426 g/mol.